The van der Waals surface area contributed by atoms with E-state index in [0.717, 1.165) is 12.1 Å². The maximum Gasteiger partial charge on any atom is 0.416 e. The normalized spacial score (nSPS) is 11.6. The number of H-pyrrole nitrogens is 1. The molecule has 0 spiro atoms. The molecule has 4 rings (SSSR count). The number of rotatable bonds is 3. The second kappa shape index (κ2) is 7.17. The smallest absolute Gasteiger partial charge is 0.354 e. The topological polar surface area (TPSA) is 74.8 Å². The molecule has 146 valence electrons. The van der Waals surface area contributed by atoms with E-state index < -0.39 is 23.1 Å². The first kappa shape index (κ1) is 18.9. The Hall–Kier alpha value is -3.46. The fourth-order valence-corrected chi connectivity index (χ4v) is 3.42. The largest absolute Gasteiger partial charge is 0.416 e. The number of nitrogens with zero attached hydrogens (tertiary/aromatic N) is 1. The van der Waals surface area contributed by atoms with Crippen LogP contribution in [-0.2, 0) is 6.18 Å². The molecule has 2 aromatic heterocycles. The Morgan fingerprint density at radius 2 is 1.90 bits per heavy atom. The van der Waals surface area contributed by atoms with E-state index in [1.165, 1.54) is 35.6 Å². The van der Waals surface area contributed by atoms with Crippen LogP contribution in [-0.4, -0.2) is 15.9 Å². The van der Waals surface area contributed by atoms with Crippen LogP contribution in [0, 0.1) is 0 Å². The van der Waals surface area contributed by atoms with Crippen molar-refractivity contribution in [1.29, 1.82) is 0 Å². The molecule has 2 N–H and O–H groups in total. The van der Waals surface area contributed by atoms with Crippen LogP contribution in [0.1, 0.15) is 15.9 Å². The minimum Gasteiger partial charge on any atom is -0.354 e. The third-order valence-corrected chi connectivity index (χ3v) is 4.87. The molecule has 2 heterocycles. The zero-order valence-corrected chi connectivity index (χ0v) is 15.4. The van der Waals surface area contributed by atoms with Crippen LogP contribution in [0.15, 0.2) is 64.2 Å². The summed E-state index contributed by atoms with van der Waals surface area (Å²) in [7, 11) is 0. The molecule has 0 saturated heterocycles. The van der Waals surface area contributed by atoms with Gasteiger partial charge >= 0.3 is 6.18 Å². The van der Waals surface area contributed by atoms with Gasteiger partial charge in [0.1, 0.15) is 5.82 Å². The lowest BCUT2D eigenvalue weighted by atomic mass is 10.0. The first-order chi connectivity index (χ1) is 13.8. The van der Waals surface area contributed by atoms with Gasteiger partial charge < -0.3 is 10.3 Å². The van der Waals surface area contributed by atoms with Crippen LogP contribution in [0.2, 0.25) is 0 Å². The molecule has 0 saturated carbocycles. The van der Waals surface area contributed by atoms with Crippen molar-refractivity contribution in [2.75, 3.05) is 5.32 Å². The molecule has 1 amide bonds. The van der Waals surface area contributed by atoms with Crippen molar-refractivity contribution in [3.63, 3.8) is 0 Å². The van der Waals surface area contributed by atoms with E-state index in [9.17, 15) is 22.8 Å². The number of anilines is 1. The fraction of sp³-hybridized carbons (Fsp3) is 0.0500. The number of alkyl halides is 3. The van der Waals surface area contributed by atoms with Crippen LogP contribution in [0.25, 0.3) is 22.2 Å². The summed E-state index contributed by atoms with van der Waals surface area (Å²) in [6.45, 7) is 0. The number of hydrogen-bond donors (Lipinski definition) is 2. The number of fused-ring (bicyclic) bond motifs is 1. The molecule has 29 heavy (non-hydrogen) atoms. The van der Waals surface area contributed by atoms with E-state index in [-0.39, 0.29) is 27.7 Å². The third-order valence-electron chi connectivity index (χ3n) is 4.28. The van der Waals surface area contributed by atoms with Crippen LogP contribution in [0.3, 0.4) is 0 Å². The number of nitrogens with one attached hydrogen (secondary N) is 2. The minimum absolute atomic E-state index is 0.182. The second-order valence-corrected chi connectivity index (χ2v) is 6.90. The van der Waals surface area contributed by atoms with Gasteiger partial charge in [-0.1, -0.05) is 18.2 Å². The van der Waals surface area contributed by atoms with Gasteiger partial charge in [0.25, 0.3) is 5.91 Å². The summed E-state index contributed by atoms with van der Waals surface area (Å²) in [6, 6.07) is 10.5. The van der Waals surface area contributed by atoms with Crippen LogP contribution >= 0.6 is 11.3 Å². The van der Waals surface area contributed by atoms with E-state index in [1.807, 2.05) is 0 Å². The first-order valence-corrected chi connectivity index (χ1v) is 9.30. The molecule has 5 nitrogen and oxygen atoms in total. The molecule has 0 radical (unpaired) electrons. The van der Waals surface area contributed by atoms with Crippen LogP contribution in [0.5, 0.6) is 0 Å². The number of benzene rings is 2. The van der Waals surface area contributed by atoms with Crippen molar-refractivity contribution < 1.29 is 18.0 Å². The maximum absolute atomic E-state index is 13.0. The number of para-hydroxylation sites is 1. The predicted molar refractivity (Wildman–Crippen MR) is 105 cm³/mol. The molecular weight excluding hydrogens is 403 g/mol. The highest BCUT2D eigenvalue weighted by molar-refractivity contribution is 7.07. The van der Waals surface area contributed by atoms with Gasteiger partial charge in [0.05, 0.1) is 22.2 Å². The molecule has 0 aliphatic rings. The van der Waals surface area contributed by atoms with Gasteiger partial charge in [0.2, 0.25) is 0 Å². The summed E-state index contributed by atoms with van der Waals surface area (Å²) in [6.07, 6.45) is -4.51. The van der Waals surface area contributed by atoms with Crippen molar-refractivity contribution in [1.82, 2.24) is 9.97 Å². The van der Waals surface area contributed by atoms with Gasteiger partial charge in [-0.05, 0) is 29.8 Å². The third kappa shape index (κ3) is 3.77. The summed E-state index contributed by atoms with van der Waals surface area (Å²) < 4.78 is 39.1. The first-order valence-electron chi connectivity index (χ1n) is 8.36. The zero-order chi connectivity index (χ0) is 20.6. The Balaban J connectivity index is 1.84. The van der Waals surface area contributed by atoms with Gasteiger partial charge in [-0.3, -0.25) is 9.59 Å². The summed E-state index contributed by atoms with van der Waals surface area (Å²) in [5.41, 5.74) is 1.12. The number of halogens is 3. The van der Waals surface area contributed by atoms with E-state index >= 15 is 0 Å². The summed E-state index contributed by atoms with van der Waals surface area (Å²) >= 11 is 1.31. The number of amides is 1. The number of pyridine rings is 1. The average Bonchev–Trinajstić information content (AvgIpc) is 3.20. The Bertz CT molecular complexity index is 1260. The lowest BCUT2D eigenvalue weighted by Gasteiger charge is -2.11. The highest BCUT2D eigenvalue weighted by Crippen LogP contribution is 2.32. The molecule has 0 atom stereocenters. The molecule has 0 unspecified atom stereocenters. The van der Waals surface area contributed by atoms with Crippen molar-refractivity contribution in [3.8, 4) is 11.3 Å². The fourth-order valence-electron chi connectivity index (χ4n) is 2.94. The molecule has 0 bridgehead atoms. The lowest BCUT2D eigenvalue weighted by Crippen LogP contribution is -2.15. The Kier molecular flexibility index (Phi) is 4.67. The van der Waals surface area contributed by atoms with Gasteiger partial charge in [-0.2, -0.15) is 13.2 Å². The predicted octanol–water partition coefficient (Wildman–Crippen LogP) is 4.92. The molecule has 9 heteroatoms. The standard InChI is InChI=1S/C20H12F3N3O2S/c21-20(22,23)12-4-1-3-11(7-12)15-8-16(27)13-5-2-6-14(18(13)25-15)19(28)26-17-9-29-10-24-17/h1-10H,(H,25,27)(H,26,28). The number of hydrogen-bond acceptors (Lipinski definition) is 4. The molecular formula is C20H12F3N3O2S. The second-order valence-electron chi connectivity index (χ2n) is 6.18. The van der Waals surface area contributed by atoms with Gasteiger partial charge in [0, 0.05) is 22.5 Å². The quantitative estimate of drug-likeness (QED) is 0.499. The highest BCUT2D eigenvalue weighted by atomic mass is 32.1. The molecule has 2 aromatic carbocycles. The van der Waals surface area contributed by atoms with E-state index in [0.29, 0.717) is 5.82 Å². The van der Waals surface area contributed by atoms with Crippen LogP contribution in [0.4, 0.5) is 19.0 Å². The number of thiazole rings is 1. The maximum atomic E-state index is 13.0. The number of aromatic amines is 1. The van der Waals surface area contributed by atoms with Gasteiger partial charge in [0.15, 0.2) is 5.43 Å². The van der Waals surface area contributed by atoms with Crippen molar-refractivity contribution in [2.45, 2.75) is 6.18 Å². The van der Waals surface area contributed by atoms with E-state index in [2.05, 4.69) is 15.3 Å². The summed E-state index contributed by atoms with van der Waals surface area (Å²) in [5.74, 6) is -0.119. The molecule has 4 aromatic rings. The number of carbonyl (C=O) groups excluding carboxylic acids is 1. The van der Waals surface area contributed by atoms with Crippen molar-refractivity contribution in [3.05, 3.63) is 80.8 Å². The lowest BCUT2D eigenvalue weighted by molar-refractivity contribution is -0.137. The monoisotopic (exact) mass is 415 g/mol. The SMILES string of the molecule is O=C(Nc1cscn1)c1cccc2c(=O)cc(-c3cccc(C(F)(F)F)c3)[nH]c12. The zero-order valence-electron chi connectivity index (χ0n) is 14.6. The van der Waals surface area contributed by atoms with Gasteiger partial charge in [-0.15, -0.1) is 11.3 Å². The van der Waals surface area contributed by atoms with Crippen molar-refractivity contribution >= 4 is 34.0 Å². The average molecular weight is 415 g/mol. The van der Waals surface area contributed by atoms with E-state index in [1.54, 1.807) is 23.0 Å². The minimum atomic E-state index is -4.51. The Morgan fingerprint density at radius 3 is 2.62 bits per heavy atom. The molecule has 0 aliphatic carbocycles. The summed E-state index contributed by atoms with van der Waals surface area (Å²) in [5, 5.41) is 4.54. The Labute approximate surface area is 165 Å². The van der Waals surface area contributed by atoms with Crippen molar-refractivity contribution in [2.24, 2.45) is 0 Å². The van der Waals surface area contributed by atoms with Crippen LogP contribution < -0.4 is 10.7 Å². The number of aromatic nitrogens is 2. The summed E-state index contributed by atoms with van der Waals surface area (Å²) in [4.78, 5) is 32.1. The van der Waals surface area contributed by atoms with Gasteiger partial charge in [-0.25, -0.2) is 4.98 Å². The number of carbonyl (C=O) groups is 1. The molecule has 0 fully saturated rings. The highest BCUT2D eigenvalue weighted by Gasteiger charge is 2.30. The van der Waals surface area contributed by atoms with E-state index in [4.69, 9.17) is 0 Å². The Morgan fingerprint density at radius 1 is 1.10 bits per heavy atom. The molecule has 0 aliphatic heterocycles.